The fourth-order valence-electron chi connectivity index (χ4n) is 1.35. The minimum Gasteiger partial charge on any atom is -0.368 e. The van der Waals surface area contributed by atoms with Gasteiger partial charge in [-0.05, 0) is 13.0 Å². The second-order valence-electron chi connectivity index (χ2n) is 3.39. The molecule has 2 aromatic rings. The maximum absolute atomic E-state index is 4.30. The lowest BCUT2D eigenvalue weighted by Crippen LogP contribution is -2.12. The van der Waals surface area contributed by atoms with Crippen LogP contribution in [0.4, 0.5) is 11.8 Å². The van der Waals surface area contributed by atoms with Crippen molar-refractivity contribution in [2.75, 3.05) is 23.7 Å². The molecule has 0 unspecified atom stereocenters. The van der Waals surface area contributed by atoms with Crippen molar-refractivity contribution in [3.63, 3.8) is 0 Å². The number of nitrogens with one attached hydrogen (secondary N) is 2. The third kappa shape index (κ3) is 3.40. The average Bonchev–Trinajstić information content (AvgIpc) is 2.83. The summed E-state index contributed by atoms with van der Waals surface area (Å²) in [5, 5.41) is 13.9. The lowest BCUT2D eigenvalue weighted by molar-refractivity contribution is 0.608. The maximum Gasteiger partial charge on any atom is 0.224 e. The van der Waals surface area contributed by atoms with Crippen LogP contribution in [0.1, 0.15) is 6.92 Å². The van der Waals surface area contributed by atoms with E-state index in [9.17, 15) is 0 Å². The number of anilines is 2. The summed E-state index contributed by atoms with van der Waals surface area (Å²) in [7, 11) is 0. The van der Waals surface area contributed by atoms with E-state index in [1.165, 1.54) is 0 Å². The van der Waals surface area contributed by atoms with E-state index in [2.05, 4.69) is 30.9 Å². The van der Waals surface area contributed by atoms with Gasteiger partial charge in [-0.2, -0.15) is 4.98 Å². The predicted octanol–water partition coefficient (Wildman–Crippen LogP) is 0.612. The molecule has 0 bridgehead atoms. The Labute approximate surface area is 99.3 Å². The van der Waals surface area contributed by atoms with E-state index in [1.807, 2.05) is 19.2 Å². The van der Waals surface area contributed by atoms with Crippen LogP contribution in [0.15, 0.2) is 24.7 Å². The van der Waals surface area contributed by atoms with Crippen molar-refractivity contribution in [3.8, 4) is 0 Å². The lowest BCUT2D eigenvalue weighted by Gasteiger charge is -2.07. The topological polar surface area (TPSA) is 80.5 Å². The van der Waals surface area contributed by atoms with Gasteiger partial charge >= 0.3 is 0 Å². The minimum atomic E-state index is 0.637. The Bertz CT molecular complexity index is 440. The summed E-state index contributed by atoms with van der Waals surface area (Å²) >= 11 is 0. The first-order valence-electron chi connectivity index (χ1n) is 5.53. The Hall–Kier alpha value is -2.18. The fraction of sp³-hybridized carbons (Fsp3) is 0.400. The highest BCUT2D eigenvalue weighted by Gasteiger charge is 1.97. The molecule has 0 saturated heterocycles. The monoisotopic (exact) mass is 233 g/mol. The number of hydrogen-bond donors (Lipinski definition) is 2. The molecule has 7 heteroatoms. The summed E-state index contributed by atoms with van der Waals surface area (Å²) in [4.78, 5) is 8.40. The molecule has 90 valence electrons. The van der Waals surface area contributed by atoms with Crippen LogP contribution in [0.3, 0.4) is 0 Å². The third-order valence-corrected chi connectivity index (χ3v) is 2.11. The number of hydrogen-bond acceptors (Lipinski definition) is 6. The van der Waals surface area contributed by atoms with Crippen molar-refractivity contribution in [2.24, 2.45) is 0 Å². The zero-order valence-electron chi connectivity index (χ0n) is 9.67. The Balaban J connectivity index is 1.84. The Morgan fingerprint density at radius 2 is 2.24 bits per heavy atom. The third-order valence-electron chi connectivity index (χ3n) is 2.11. The van der Waals surface area contributed by atoms with Gasteiger partial charge in [0.25, 0.3) is 0 Å². The number of aromatic nitrogens is 5. The summed E-state index contributed by atoms with van der Waals surface area (Å²) in [5.41, 5.74) is 0. The molecule has 0 aliphatic heterocycles. The van der Waals surface area contributed by atoms with E-state index in [1.54, 1.807) is 17.1 Å². The summed E-state index contributed by atoms with van der Waals surface area (Å²) in [5.74, 6) is 1.44. The maximum atomic E-state index is 4.30. The molecule has 0 radical (unpaired) electrons. The van der Waals surface area contributed by atoms with Crippen LogP contribution in [0, 0.1) is 0 Å². The SMILES string of the molecule is CCNc1nccc(NCCn2ccnn2)n1. The first kappa shape index (κ1) is 11.3. The molecule has 0 atom stereocenters. The summed E-state index contributed by atoms with van der Waals surface area (Å²) in [6, 6.07) is 1.84. The quantitative estimate of drug-likeness (QED) is 0.761. The molecule has 0 aromatic carbocycles. The summed E-state index contributed by atoms with van der Waals surface area (Å²) in [6.07, 6.45) is 5.21. The summed E-state index contributed by atoms with van der Waals surface area (Å²) < 4.78 is 1.76. The molecule has 2 heterocycles. The van der Waals surface area contributed by atoms with E-state index < -0.39 is 0 Å². The normalized spacial score (nSPS) is 10.2. The van der Waals surface area contributed by atoms with Gasteiger partial charge in [-0.25, -0.2) is 4.98 Å². The predicted molar refractivity (Wildman–Crippen MR) is 64.7 cm³/mol. The first-order valence-corrected chi connectivity index (χ1v) is 5.53. The summed E-state index contributed by atoms with van der Waals surface area (Å²) in [6.45, 7) is 4.31. The van der Waals surface area contributed by atoms with Gasteiger partial charge in [-0.1, -0.05) is 5.21 Å². The van der Waals surface area contributed by atoms with Gasteiger partial charge in [0, 0.05) is 25.5 Å². The Morgan fingerprint density at radius 1 is 1.29 bits per heavy atom. The van der Waals surface area contributed by atoms with Gasteiger partial charge in [-0.3, -0.25) is 4.68 Å². The van der Waals surface area contributed by atoms with Gasteiger partial charge in [0.15, 0.2) is 0 Å². The van der Waals surface area contributed by atoms with Crippen LogP contribution in [0.25, 0.3) is 0 Å². The molecule has 2 rings (SSSR count). The van der Waals surface area contributed by atoms with Crippen LogP contribution in [0.5, 0.6) is 0 Å². The molecule has 0 aliphatic carbocycles. The van der Waals surface area contributed by atoms with E-state index in [-0.39, 0.29) is 0 Å². The zero-order chi connectivity index (χ0) is 11.9. The standard InChI is InChI=1S/C10H15N7/c1-2-11-10-13-4-3-9(15-10)12-5-7-17-8-6-14-16-17/h3-4,6,8H,2,5,7H2,1H3,(H2,11,12,13,15). The molecule has 0 saturated carbocycles. The fourth-order valence-corrected chi connectivity index (χ4v) is 1.35. The van der Waals surface area contributed by atoms with Crippen LogP contribution < -0.4 is 10.6 Å². The number of nitrogens with zero attached hydrogens (tertiary/aromatic N) is 5. The van der Waals surface area contributed by atoms with Crippen molar-refractivity contribution in [2.45, 2.75) is 13.5 Å². The second kappa shape index (κ2) is 5.78. The molecular weight excluding hydrogens is 218 g/mol. The molecule has 0 spiro atoms. The average molecular weight is 233 g/mol. The zero-order valence-corrected chi connectivity index (χ0v) is 9.67. The molecular formula is C10H15N7. The lowest BCUT2D eigenvalue weighted by atomic mass is 10.5. The Kier molecular flexibility index (Phi) is 3.85. The highest BCUT2D eigenvalue weighted by molar-refractivity contribution is 5.39. The molecule has 7 nitrogen and oxygen atoms in total. The highest BCUT2D eigenvalue weighted by Crippen LogP contribution is 2.04. The van der Waals surface area contributed by atoms with E-state index >= 15 is 0 Å². The van der Waals surface area contributed by atoms with Crippen molar-refractivity contribution < 1.29 is 0 Å². The molecule has 0 fully saturated rings. The van der Waals surface area contributed by atoms with E-state index in [0.717, 1.165) is 25.5 Å². The number of rotatable bonds is 6. The van der Waals surface area contributed by atoms with Gasteiger partial charge in [0.2, 0.25) is 5.95 Å². The largest absolute Gasteiger partial charge is 0.368 e. The second-order valence-corrected chi connectivity index (χ2v) is 3.39. The highest BCUT2D eigenvalue weighted by atomic mass is 15.4. The molecule has 2 N–H and O–H groups in total. The van der Waals surface area contributed by atoms with Gasteiger partial charge in [-0.15, -0.1) is 5.10 Å². The van der Waals surface area contributed by atoms with Crippen molar-refractivity contribution in [1.29, 1.82) is 0 Å². The first-order chi connectivity index (χ1) is 8.38. The molecule has 2 aromatic heterocycles. The smallest absolute Gasteiger partial charge is 0.224 e. The van der Waals surface area contributed by atoms with Crippen molar-refractivity contribution in [3.05, 3.63) is 24.7 Å². The minimum absolute atomic E-state index is 0.637. The van der Waals surface area contributed by atoms with E-state index in [4.69, 9.17) is 0 Å². The van der Waals surface area contributed by atoms with Gasteiger partial charge in [0.1, 0.15) is 5.82 Å². The van der Waals surface area contributed by atoms with Crippen molar-refractivity contribution in [1.82, 2.24) is 25.0 Å². The van der Waals surface area contributed by atoms with Gasteiger partial charge in [0.05, 0.1) is 12.7 Å². The Morgan fingerprint density at radius 3 is 3.00 bits per heavy atom. The van der Waals surface area contributed by atoms with Crippen LogP contribution in [-0.4, -0.2) is 38.1 Å². The molecule has 17 heavy (non-hydrogen) atoms. The van der Waals surface area contributed by atoms with Crippen LogP contribution in [-0.2, 0) is 6.54 Å². The van der Waals surface area contributed by atoms with Gasteiger partial charge < -0.3 is 10.6 Å². The van der Waals surface area contributed by atoms with E-state index in [0.29, 0.717) is 5.95 Å². The van der Waals surface area contributed by atoms with Crippen molar-refractivity contribution >= 4 is 11.8 Å². The molecule has 0 aliphatic rings. The van der Waals surface area contributed by atoms with Crippen LogP contribution in [0.2, 0.25) is 0 Å². The molecule has 0 amide bonds. The van der Waals surface area contributed by atoms with Crippen LogP contribution >= 0.6 is 0 Å².